The number of rotatable bonds is 6. The van der Waals surface area contributed by atoms with E-state index in [0.29, 0.717) is 17.5 Å². The van der Waals surface area contributed by atoms with Crippen molar-refractivity contribution in [1.29, 1.82) is 0 Å². The molecule has 4 aromatic rings. The Morgan fingerprint density at radius 1 is 1.11 bits per heavy atom. The molecule has 6 nitrogen and oxygen atoms in total. The molecule has 1 aromatic carbocycles. The van der Waals surface area contributed by atoms with E-state index in [0.717, 1.165) is 46.0 Å². The van der Waals surface area contributed by atoms with Gasteiger partial charge in [0.2, 0.25) is 5.89 Å². The lowest BCUT2D eigenvalue weighted by Crippen LogP contribution is -1.98. The molecule has 0 bridgehead atoms. The number of aromatic nitrogens is 5. The van der Waals surface area contributed by atoms with Gasteiger partial charge in [0, 0.05) is 12.0 Å². The van der Waals surface area contributed by atoms with Crippen LogP contribution >= 0.6 is 11.8 Å². The van der Waals surface area contributed by atoms with Crippen LogP contribution in [0.25, 0.3) is 16.8 Å². The average molecular weight is 379 g/mol. The van der Waals surface area contributed by atoms with Gasteiger partial charge in [0.1, 0.15) is 0 Å². The Labute approximate surface area is 162 Å². The number of thioether (sulfide) groups is 1. The standard InChI is InChI=1S/C20H21N5OS/c1-4-8-17-21-16(24-26-17)12-27-20-22-18(15-9-6-5-7-10-15)19-13(2)11-14(3)23-25(19)20/h5-7,9-11H,4,8,12H2,1-3H3. The molecule has 0 saturated heterocycles. The second kappa shape index (κ2) is 7.52. The summed E-state index contributed by atoms with van der Waals surface area (Å²) in [6.45, 7) is 6.19. The van der Waals surface area contributed by atoms with E-state index in [2.05, 4.69) is 42.2 Å². The van der Waals surface area contributed by atoms with Crippen LogP contribution in [0.1, 0.15) is 36.3 Å². The number of hydrogen-bond acceptors (Lipinski definition) is 6. The fourth-order valence-corrected chi connectivity index (χ4v) is 3.88. The van der Waals surface area contributed by atoms with Gasteiger partial charge in [0.05, 0.1) is 22.7 Å². The fourth-order valence-electron chi connectivity index (χ4n) is 3.09. The van der Waals surface area contributed by atoms with Crippen LogP contribution in [0.4, 0.5) is 0 Å². The van der Waals surface area contributed by atoms with Crippen LogP contribution < -0.4 is 0 Å². The zero-order chi connectivity index (χ0) is 18.8. The number of imidazole rings is 1. The average Bonchev–Trinajstić information content (AvgIpc) is 3.25. The number of benzene rings is 1. The maximum Gasteiger partial charge on any atom is 0.226 e. The number of nitrogens with zero attached hydrogens (tertiary/aromatic N) is 5. The molecule has 0 amide bonds. The van der Waals surface area contributed by atoms with E-state index < -0.39 is 0 Å². The highest BCUT2D eigenvalue weighted by molar-refractivity contribution is 7.98. The molecule has 4 rings (SSSR count). The summed E-state index contributed by atoms with van der Waals surface area (Å²) in [6, 6.07) is 12.3. The Morgan fingerprint density at radius 3 is 2.70 bits per heavy atom. The van der Waals surface area contributed by atoms with E-state index in [-0.39, 0.29) is 0 Å². The van der Waals surface area contributed by atoms with Crippen LogP contribution in [0.15, 0.2) is 46.1 Å². The van der Waals surface area contributed by atoms with Crippen molar-refractivity contribution >= 4 is 17.3 Å². The Balaban J connectivity index is 1.71. The molecule has 0 aliphatic heterocycles. The van der Waals surface area contributed by atoms with Crippen molar-refractivity contribution in [3.8, 4) is 11.3 Å². The topological polar surface area (TPSA) is 69.1 Å². The second-order valence-electron chi connectivity index (χ2n) is 6.48. The lowest BCUT2D eigenvalue weighted by Gasteiger charge is -2.04. The predicted octanol–water partition coefficient (Wildman–Crippen LogP) is 4.64. The third-order valence-corrected chi connectivity index (χ3v) is 5.16. The van der Waals surface area contributed by atoms with Gasteiger partial charge in [0.25, 0.3) is 0 Å². The lowest BCUT2D eigenvalue weighted by molar-refractivity contribution is 0.373. The highest BCUT2D eigenvalue weighted by Crippen LogP contribution is 2.31. The summed E-state index contributed by atoms with van der Waals surface area (Å²) in [6.07, 6.45) is 1.80. The van der Waals surface area contributed by atoms with Crippen LogP contribution in [0, 0.1) is 13.8 Å². The first-order valence-electron chi connectivity index (χ1n) is 9.02. The Morgan fingerprint density at radius 2 is 1.93 bits per heavy atom. The Bertz CT molecular complexity index is 1070. The lowest BCUT2D eigenvalue weighted by atomic mass is 10.1. The van der Waals surface area contributed by atoms with Crippen LogP contribution in [0.3, 0.4) is 0 Å². The Hall–Kier alpha value is -2.67. The molecule has 138 valence electrons. The molecule has 3 heterocycles. The number of hydrogen-bond donors (Lipinski definition) is 0. The zero-order valence-corrected chi connectivity index (χ0v) is 16.5. The van der Waals surface area contributed by atoms with Gasteiger partial charge in [-0.15, -0.1) is 0 Å². The van der Waals surface area contributed by atoms with Gasteiger partial charge in [-0.1, -0.05) is 54.2 Å². The molecule has 0 unspecified atom stereocenters. The van der Waals surface area contributed by atoms with Crippen LogP contribution in [-0.4, -0.2) is 24.7 Å². The molecule has 3 aromatic heterocycles. The van der Waals surface area contributed by atoms with Crippen LogP contribution in [0.5, 0.6) is 0 Å². The van der Waals surface area contributed by atoms with Crippen molar-refractivity contribution < 1.29 is 4.52 Å². The van der Waals surface area contributed by atoms with Crippen molar-refractivity contribution in [2.75, 3.05) is 0 Å². The summed E-state index contributed by atoms with van der Waals surface area (Å²) in [5.41, 5.74) is 5.19. The molecule has 0 atom stereocenters. The summed E-state index contributed by atoms with van der Waals surface area (Å²) >= 11 is 1.57. The normalized spacial score (nSPS) is 11.4. The third kappa shape index (κ3) is 3.60. The first-order chi connectivity index (χ1) is 13.2. The second-order valence-corrected chi connectivity index (χ2v) is 7.42. The van der Waals surface area contributed by atoms with E-state index in [1.165, 1.54) is 0 Å². The zero-order valence-electron chi connectivity index (χ0n) is 15.6. The first kappa shape index (κ1) is 17.7. The van der Waals surface area contributed by atoms with Crippen molar-refractivity contribution in [3.63, 3.8) is 0 Å². The van der Waals surface area contributed by atoms with Gasteiger partial charge < -0.3 is 4.52 Å². The van der Waals surface area contributed by atoms with Crippen molar-refractivity contribution in [2.24, 2.45) is 0 Å². The number of aryl methyl sites for hydroxylation is 3. The Kier molecular flexibility index (Phi) is 4.94. The molecule has 0 N–H and O–H groups in total. The quantitative estimate of drug-likeness (QED) is 0.455. The van der Waals surface area contributed by atoms with Crippen LogP contribution in [0.2, 0.25) is 0 Å². The third-order valence-electron chi connectivity index (χ3n) is 4.23. The minimum absolute atomic E-state index is 0.592. The molecule has 0 spiro atoms. The maximum absolute atomic E-state index is 5.28. The monoisotopic (exact) mass is 379 g/mol. The minimum atomic E-state index is 0.592. The summed E-state index contributed by atoms with van der Waals surface area (Å²) in [7, 11) is 0. The highest BCUT2D eigenvalue weighted by atomic mass is 32.2. The van der Waals surface area contributed by atoms with E-state index >= 15 is 0 Å². The van der Waals surface area contributed by atoms with E-state index in [9.17, 15) is 0 Å². The molecule has 0 aliphatic carbocycles. The fraction of sp³-hybridized carbons (Fsp3) is 0.300. The molecular weight excluding hydrogens is 358 g/mol. The van der Waals surface area contributed by atoms with Crippen LogP contribution in [-0.2, 0) is 12.2 Å². The van der Waals surface area contributed by atoms with Gasteiger partial charge in [-0.25, -0.2) is 9.50 Å². The summed E-state index contributed by atoms with van der Waals surface area (Å²) in [4.78, 5) is 9.34. The molecule has 7 heteroatoms. The maximum atomic E-state index is 5.28. The van der Waals surface area contributed by atoms with Crippen molar-refractivity contribution in [3.05, 3.63) is 59.4 Å². The predicted molar refractivity (Wildman–Crippen MR) is 106 cm³/mol. The minimum Gasteiger partial charge on any atom is -0.339 e. The summed E-state index contributed by atoms with van der Waals surface area (Å²) in [5, 5.41) is 9.60. The molecule has 0 radical (unpaired) electrons. The smallest absolute Gasteiger partial charge is 0.226 e. The molecule has 0 fully saturated rings. The van der Waals surface area contributed by atoms with Gasteiger partial charge >= 0.3 is 0 Å². The molecule has 0 saturated carbocycles. The van der Waals surface area contributed by atoms with Crippen molar-refractivity contribution in [2.45, 2.75) is 44.5 Å². The van der Waals surface area contributed by atoms with Gasteiger partial charge in [0.15, 0.2) is 11.0 Å². The van der Waals surface area contributed by atoms with Gasteiger partial charge in [-0.2, -0.15) is 10.1 Å². The van der Waals surface area contributed by atoms with Gasteiger partial charge in [-0.05, 0) is 31.9 Å². The van der Waals surface area contributed by atoms with E-state index in [1.54, 1.807) is 11.8 Å². The summed E-state index contributed by atoms with van der Waals surface area (Å²) in [5.74, 6) is 1.97. The summed E-state index contributed by atoms with van der Waals surface area (Å²) < 4.78 is 7.21. The molecule has 27 heavy (non-hydrogen) atoms. The molecular formula is C20H21N5OS. The largest absolute Gasteiger partial charge is 0.339 e. The first-order valence-corrected chi connectivity index (χ1v) is 10.0. The van der Waals surface area contributed by atoms with E-state index in [4.69, 9.17) is 14.6 Å². The van der Waals surface area contributed by atoms with Gasteiger partial charge in [-0.3, -0.25) is 0 Å². The van der Waals surface area contributed by atoms with Crippen molar-refractivity contribution in [1.82, 2.24) is 24.7 Å². The highest BCUT2D eigenvalue weighted by Gasteiger charge is 2.17. The number of fused-ring (bicyclic) bond motifs is 1. The SMILES string of the molecule is CCCc1nc(CSc2nc(-c3ccccc3)c3c(C)cc(C)nn23)no1. The van der Waals surface area contributed by atoms with E-state index in [1.807, 2.05) is 29.6 Å². The molecule has 0 aliphatic rings.